The largest absolute Gasteiger partial charge is 1.00 e. The van der Waals surface area contributed by atoms with Gasteiger partial charge in [0, 0.05) is 6.54 Å². The zero-order chi connectivity index (χ0) is 12.6. The van der Waals surface area contributed by atoms with Gasteiger partial charge in [-0.1, -0.05) is 20.3 Å². The van der Waals surface area contributed by atoms with Crippen LogP contribution in [0.15, 0.2) is 0 Å². The van der Waals surface area contributed by atoms with Gasteiger partial charge >= 0.3 is 29.6 Å². The van der Waals surface area contributed by atoms with Crippen molar-refractivity contribution in [1.82, 2.24) is 4.90 Å². The van der Waals surface area contributed by atoms with E-state index < -0.39 is 24.6 Å². The summed E-state index contributed by atoms with van der Waals surface area (Å²) in [4.78, 5) is 23.1. The average molecular weight is 255 g/mol. The Hall–Kier alpha value is -0.130. The standard InChI is InChI=1S/C11H20FNO3.Na/c1-3-5-9(12)7-10(14)13(6-4-2)8-11(15)16;/h9H,3-8H2,1-2H3,(H,15,16);/q;+1/p-1. The molecule has 0 radical (unpaired) electrons. The maximum Gasteiger partial charge on any atom is 1.00 e. The molecule has 0 saturated heterocycles. The van der Waals surface area contributed by atoms with Gasteiger partial charge in [0.05, 0.1) is 18.9 Å². The fourth-order valence-corrected chi connectivity index (χ4v) is 1.45. The van der Waals surface area contributed by atoms with Crippen molar-refractivity contribution in [2.24, 2.45) is 0 Å². The van der Waals surface area contributed by atoms with Crippen molar-refractivity contribution in [3.63, 3.8) is 0 Å². The van der Waals surface area contributed by atoms with Crippen LogP contribution < -0.4 is 34.7 Å². The van der Waals surface area contributed by atoms with Crippen LogP contribution in [0.25, 0.3) is 0 Å². The second kappa shape index (κ2) is 11.0. The summed E-state index contributed by atoms with van der Waals surface area (Å²) in [5.41, 5.74) is 0. The predicted molar refractivity (Wildman–Crippen MR) is 56.3 cm³/mol. The fraction of sp³-hybridized carbons (Fsp3) is 0.818. The third-order valence-corrected chi connectivity index (χ3v) is 2.16. The molecule has 0 heterocycles. The zero-order valence-electron chi connectivity index (χ0n) is 10.9. The molecule has 17 heavy (non-hydrogen) atoms. The Bertz CT molecular complexity index is 239. The number of alkyl halides is 1. The van der Waals surface area contributed by atoms with E-state index in [2.05, 4.69) is 0 Å². The van der Waals surface area contributed by atoms with Gasteiger partial charge in [-0.25, -0.2) is 4.39 Å². The molecule has 1 unspecified atom stereocenters. The van der Waals surface area contributed by atoms with Gasteiger partial charge < -0.3 is 14.8 Å². The molecule has 1 atom stereocenters. The molecule has 4 nitrogen and oxygen atoms in total. The molecule has 0 rings (SSSR count). The predicted octanol–water partition coefficient (Wildman–Crippen LogP) is -2.49. The Kier molecular flexibility index (Phi) is 12.4. The van der Waals surface area contributed by atoms with Crippen LogP contribution in [0.3, 0.4) is 0 Å². The van der Waals surface area contributed by atoms with E-state index in [1.165, 1.54) is 0 Å². The summed E-state index contributed by atoms with van der Waals surface area (Å²) in [5.74, 6) is -1.76. The first kappa shape index (κ1) is 19.2. The number of amides is 1. The van der Waals surface area contributed by atoms with Gasteiger partial charge in [-0.3, -0.25) is 4.79 Å². The molecule has 0 N–H and O–H groups in total. The number of rotatable bonds is 8. The van der Waals surface area contributed by atoms with Crippen LogP contribution in [-0.4, -0.2) is 36.0 Å². The number of carbonyl (C=O) groups is 2. The number of hydrogen-bond donors (Lipinski definition) is 0. The fourth-order valence-electron chi connectivity index (χ4n) is 1.45. The second-order valence-corrected chi connectivity index (χ2v) is 3.78. The minimum Gasteiger partial charge on any atom is -0.548 e. The van der Waals surface area contributed by atoms with Gasteiger partial charge in [-0.2, -0.15) is 0 Å². The average Bonchev–Trinajstić information content (AvgIpc) is 2.16. The normalized spacial score (nSPS) is 11.5. The number of halogens is 1. The first-order valence-electron chi connectivity index (χ1n) is 5.62. The van der Waals surface area contributed by atoms with Crippen LogP contribution in [0.2, 0.25) is 0 Å². The third kappa shape index (κ3) is 9.56. The van der Waals surface area contributed by atoms with E-state index in [0.717, 1.165) is 4.90 Å². The van der Waals surface area contributed by atoms with Crippen LogP contribution in [0.5, 0.6) is 0 Å². The van der Waals surface area contributed by atoms with Gasteiger partial charge in [0.25, 0.3) is 0 Å². The van der Waals surface area contributed by atoms with E-state index in [0.29, 0.717) is 25.8 Å². The molecular formula is C11H19FNNaO3. The summed E-state index contributed by atoms with van der Waals surface area (Å²) in [6.07, 6.45) is 0.226. The van der Waals surface area contributed by atoms with Gasteiger partial charge in [0.1, 0.15) is 6.17 Å². The number of hydrogen-bond acceptors (Lipinski definition) is 3. The Labute approximate surface area is 124 Å². The Balaban J connectivity index is 0. The first-order valence-corrected chi connectivity index (χ1v) is 5.62. The van der Waals surface area contributed by atoms with Crippen molar-refractivity contribution in [3.05, 3.63) is 0 Å². The van der Waals surface area contributed by atoms with E-state index in [-0.39, 0.29) is 36.0 Å². The summed E-state index contributed by atoms with van der Waals surface area (Å²) in [5, 5.41) is 10.4. The molecule has 0 fully saturated rings. The van der Waals surface area contributed by atoms with E-state index in [1.807, 2.05) is 13.8 Å². The van der Waals surface area contributed by atoms with Crippen LogP contribution in [0.1, 0.15) is 39.5 Å². The number of carbonyl (C=O) groups excluding carboxylic acids is 2. The summed E-state index contributed by atoms with van der Waals surface area (Å²) >= 11 is 0. The minimum atomic E-state index is -1.31. The van der Waals surface area contributed by atoms with Gasteiger partial charge in [0.2, 0.25) is 5.91 Å². The number of carboxylic acid groups (broad SMARTS) is 1. The zero-order valence-corrected chi connectivity index (χ0v) is 12.9. The minimum absolute atomic E-state index is 0. The molecule has 0 aliphatic rings. The molecule has 0 aromatic heterocycles. The van der Waals surface area contributed by atoms with Crippen molar-refractivity contribution in [3.8, 4) is 0 Å². The number of aliphatic carboxylic acids is 1. The first-order chi connectivity index (χ1) is 7.51. The monoisotopic (exact) mass is 255 g/mol. The summed E-state index contributed by atoms with van der Waals surface area (Å²) < 4.78 is 13.2. The number of nitrogens with zero attached hydrogens (tertiary/aromatic N) is 1. The van der Waals surface area contributed by atoms with Gasteiger partial charge in [-0.05, 0) is 12.8 Å². The molecular weight excluding hydrogens is 236 g/mol. The molecule has 0 aliphatic carbocycles. The molecule has 1 amide bonds. The molecule has 0 spiro atoms. The summed E-state index contributed by atoms with van der Waals surface area (Å²) in [6, 6.07) is 0. The van der Waals surface area contributed by atoms with Crippen molar-refractivity contribution < 1.29 is 48.6 Å². The van der Waals surface area contributed by atoms with Crippen LogP contribution in [-0.2, 0) is 9.59 Å². The third-order valence-electron chi connectivity index (χ3n) is 2.16. The molecule has 0 aromatic rings. The van der Waals surface area contributed by atoms with Crippen LogP contribution in [0.4, 0.5) is 4.39 Å². The Morgan fingerprint density at radius 1 is 1.29 bits per heavy atom. The van der Waals surface area contributed by atoms with E-state index in [9.17, 15) is 19.1 Å². The quantitative estimate of drug-likeness (QED) is 0.451. The molecule has 94 valence electrons. The van der Waals surface area contributed by atoms with Crippen molar-refractivity contribution >= 4 is 11.9 Å². The smallest absolute Gasteiger partial charge is 0.548 e. The van der Waals surface area contributed by atoms with Crippen molar-refractivity contribution in [1.29, 1.82) is 0 Å². The second-order valence-electron chi connectivity index (χ2n) is 3.78. The maximum absolute atomic E-state index is 13.2. The van der Waals surface area contributed by atoms with Crippen LogP contribution >= 0.6 is 0 Å². The molecule has 0 aliphatic heterocycles. The van der Waals surface area contributed by atoms with Crippen molar-refractivity contribution in [2.75, 3.05) is 13.1 Å². The van der Waals surface area contributed by atoms with Gasteiger partial charge in [-0.15, -0.1) is 0 Å². The SMILES string of the molecule is CCCC(F)CC(=O)N(CCC)CC(=O)[O-].[Na+]. The van der Waals surface area contributed by atoms with E-state index >= 15 is 0 Å². The summed E-state index contributed by atoms with van der Waals surface area (Å²) in [6.45, 7) is 3.54. The molecule has 0 aromatic carbocycles. The molecule has 6 heteroatoms. The van der Waals surface area contributed by atoms with Crippen molar-refractivity contribution in [2.45, 2.75) is 45.7 Å². The van der Waals surface area contributed by atoms with E-state index in [4.69, 9.17) is 0 Å². The molecule has 0 bridgehead atoms. The Morgan fingerprint density at radius 2 is 1.88 bits per heavy atom. The van der Waals surface area contributed by atoms with Gasteiger partial charge in [0.15, 0.2) is 0 Å². The number of carboxylic acids is 1. The van der Waals surface area contributed by atoms with Crippen LogP contribution in [0, 0.1) is 0 Å². The maximum atomic E-state index is 13.2. The Morgan fingerprint density at radius 3 is 2.29 bits per heavy atom. The summed E-state index contributed by atoms with van der Waals surface area (Å²) in [7, 11) is 0. The topological polar surface area (TPSA) is 60.4 Å². The van der Waals surface area contributed by atoms with E-state index in [1.54, 1.807) is 0 Å². The molecule has 0 saturated carbocycles.